The third-order valence-electron chi connectivity index (χ3n) is 7.82. The maximum atomic E-state index is 12.1. The third kappa shape index (κ3) is 3.89. The summed E-state index contributed by atoms with van der Waals surface area (Å²) < 4.78 is 5.17. The van der Waals surface area contributed by atoms with Gasteiger partial charge in [-0.2, -0.15) is 0 Å². The molecular weight excluding hydrogens is 354 g/mol. The Labute approximate surface area is 169 Å². The van der Waals surface area contributed by atoms with E-state index in [0.29, 0.717) is 36.1 Å². The molecule has 0 bridgehead atoms. The standard InChI is InChI=1S/C22H37N3O3/c1-4-28-21(27)24-12-9-22(15-24)13-20(14-22)23-10-7-18(8-11-23)16(2)25(17(3)26)19-5-6-19/h16,18-20H,4-15H2,1-3H3. The molecule has 28 heavy (non-hydrogen) atoms. The number of hydrogen-bond acceptors (Lipinski definition) is 4. The number of hydrogen-bond donors (Lipinski definition) is 0. The number of nitrogens with zero attached hydrogens (tertiary/aromatic N) is 3. The lowest BCUT2D eigenvalue weighted by atomic mass is 9.64. The summed E-state index contributed by atoms with van der Waals surface area (Å²) in [5.41, 5.74) is 0.346. The summed E-state index contributed by atoms with van der Waals surface area (Å²) in [4.78, 5) is 30.8. The Morgan fingerprint density at radius 3 is 2.39 bits per heavy atom. The Morgan fingerprint density at radius 2 is 1.82 bits per heavy atom. The van der Waals surface area contributed by atoms with Gasteiger partial charge in [0.15, 0.2) is 0 Å². The molecule has 1 spiro atoms. The molecule has 2 aliphatic heterocycles. The van der Waals surface area contributed by atoms with Crippen LogP contribution < -0.4 is 0 Å². The fraction of sp³-hybridized carbons (Fsp3) is 0.909. The smallest absolute Gasteiger partial charge is 0.409 e. The van der Waals surface area contributed by atoms with Crippen molar-refractivity contribution in [2.45, 2.75) is 83.8 Å². The molecule has 0 aromatic heterocycles. The molecular formula is C22H37N3O3. The zero-order valence-corrected chi connectivity index (χ0v) is 17.9. The maximum absolute atomic E-state index is 12.1. The molecule has 2 saturated carbocycles. The Morgan fingerprint density at radius 1 is 1.14 bits per heavy atom. The second-order valence-corrected chi connectivity index (χ2v) is 9.70. The van der Waals surface area contributed by atoms with Crippen LogP contribution in [0, 0.1) is 11.3 Å². The van der Waals surface area contributed by atoms with E-state index in [1.54, 1.807) is 6.92 Å². The molecule has 6 nitrogen and oxygen atoms in total. The molecule has 0 N–H and O–H groups in total. The van der Waals surface area contributed by atoms with Crippen molar-refractivity contribution in [1.29, 1.82) is 0 Å². The monoisotopic (exact) mass is 391 g/mol. The Bertz CT molecular complexity index is 592. The summed E-state index contributed by atoms with van der Waals surface area (Å²) in [6, 6.07) is 1.58. The summed E-state index contributed by atoms with van der Waals surface area (Å²) in [6.07, 6.45) is 8.24. The van der Waals surface area contributed by atoms with Gasteiger partial charge < -0.3 is 19.4 Å². The van der Waals surface area contributed by atoms with Crippen molar-refractivity contribution in [3.05, 3.63) is 0 Å². The van der Waals surface area contributed by atoms with Gasteiger partial charge in [-0.3, -0.25) is 4.79 Å². The summed E-state index contributed by atoms with van der Waals surface area (Å²) in [5, 5.41) is 0. The van der Waals surface area contributed by atoms with Gasteiger partial charge in [0.05, 0.1) is 6.61 Å². The average molecular weight is 392 g/mol. The van der Waals surface area contributed by atoms with Gasteiger partial charge in [0.2, 0.25) is 5.91 Å². The molecule has 1 unspecified atom stereocenters. The molecule has 0 aromatic rings. The van der Waals surface area contributed by atoms with Crippen LogP contribution in [-0.4, -0.2) is 77.6 Å². The average Bonchev–Trinajstić information content (AvgIpc) is 3.36. The van der Waals surface area contributed by atoms with E-state index in [1.807, 2.05) is 11.8 Å². The lowest BCUT2D eigenvalue weighted by Gasteiger charge is -2.52. The van der Waals surface area contributed by atoms with E-state index < -0.39 is 0 Å². The van der Waals surface area contributed by atoms with E-state index in [1.165, 1.54) is 38.5 Å². The van der Waals surface area contributed by atoms with E-state index >= 15 is 0 Å². The highest BCUT2D eigenvalue weighted by molar-refractivity contribution is 5.74. The minimum absolute atomic E-state index is 0.136. The Kier molecular flexibility index (Phi) is 5.60. The normalized spacial score (nSPS) is 32.2. The molecule has 1 atom stereocenters. The number of piperidine rings is 1. The maximum Gasteiger partial charge on any atom is 0.409 e. The predicted octanol–water partition coefficient (Wildman–Crippen LogP) is 3.11. The van der Waals surface area contributed by atoms with Gasteiger partial charge >= 0.3 is 6.09 Å². The van der Waals surface area contributed by atoms with Gasteiger partial charge in [0.25, 0.3) is 0 Å². The SMILES string of the molecule is CCOC(=O)N1CCC2(CC(N3CCC(C(C)N(C(C)=O)C4CC4)CC3)C2)C1. The van der Waals surface area contributed by atoms with Crippen LogP contribution in [0.25, 0.3) is 0 Å². The summed E-state index contributed by atoms with van der Waals surface area (Å²) in [6.45, 7) is 10.4. The van der Waals surface area contributed by atoms with E-state index in [-0.39, 0.29) is 12.0 Å². The van der Waals surface area contributed by atoms with Crippen LogP contribution in [0.15, 0.2) is 0 Å². The lowest BCUT2D eigenvalue weighted by molar-refractivity contribution is -0.133. The van der Waals surface area contributed by atoms with E-state index in [2.05, 4.69) is 16.7 Å². The molecule has 0 aromatic carbocycles. The minimum Gasteiger partial charge on any atom is -0.450 e. The summed E-state index contributed by atoms with van der Waals surface area (Å²) in [5.74, 6) is 0.895. The van der Waals surface area contributed by atoms with E-state index in [9.17, 15) is 9.59 Å². The first-order chi connectivity index (χ1) is 13.4. The van der Waals surface area contributed by atoms with Crippen molar-refractivity contribution in [2.75, 3.05) is 32.8 Å². The lowest BCUT2D eigenvalue weighted by Crippen LogP contribution is -2.55. The Balaban J connectivity index is 1.23. The predicted molar refractivity (Wildman–Crippen MR) is 108 cm³/mol. The molecule has 2 heterocycles. The van der Waals surface area contributed by atoms with Crippen LogP contribution >= 0.6 is 0 Å². The highest BCUT2D eigenvalue weighted by atomic mass is 16.6. The first kappa shape index (κ1) is 20.0. The molecule has 0 radical (unpaired) electrons. The second-order valence-electron chi connectivity index (χ2n) is 9.70. The number of carbonyl (C=O) groups excluding carboxylic acids is 2. The number of carbonyl (C=O) groups is 2. The van der Waals surface area contributed by atoms with Crippen molar-refractivity contribution < 1.29 is 14.3 Å². The second kappa shape index (κ2) is 7.85. The molecule has 6 heteroatoms. The molecule has 4 rings (SSSR count). The van der Waals surface area contributed by atoms with Crippen molar-refractivity contribution >= 4 is 12.0 Å². The number of likely N-dealkylation sites (tertiary alicyclic amines) is 2. The topological polar surface area (TPSA) is 53.1 Å². The minimum atomic E-state index is -0.136. The number of rotatable bonds is 5. The van der Waals surface area contributed by atoms with Gasteiger partial charge in [-0.15, -0.1) is 0 Å². The number of ether oxygens (including phenoxy) is 1. The Hall–Kier alpha value is -1.30. The first-order valence-corrected chi connectivity index (χ1v) is 11.4. The molecule has 2 aliphatic carbocycles. The van der Waals surface area contributed by atoms with Crippen LogP contribution in [0.5, 0.6) is 0 Å². The van der Waals surface area contributed by atoms with Crippen LogP contribution in [0.1, 0.15) is 65.7 Å². The molecule has 2 saturated heterocycles. The van der Waals surface area contributed by atoms with Crippen molar-refractivity contribution in [2.24, 2.45) is 11.3 Å². The van der Waals surface area contributed by atoms with Gasteiger partial charge in [-0.05, 0) is 83.2 Å². The highest BCUT2D eigenvalue weighted by Gasteiger charge is 2.51. The van der Waals surface area contributed by atoms with Gasteiger partial charge in [-0.1, -0.05) is 0 Å². The zero-order valence-electron chi connectivity index (χ0n) is 17.9. The fourth-order valence-electron chi connectivity index (χ4n) is 6.06. The van der Waals surface area contributed by atoms with Crippen LogP contribution in [0.2, 0.25) is 0 Å². The molecule has 4 fully saturated rings. The first-order valence-electron chi connectivity index (χ1n) is 11.4. The summed E-state index contributed by atoms with van der Waals surface area (Å²) in [7, 11) is 0. The van der Waals surface area contributed by atoms with Gasteiger partial charge in [0.1, 0.15) is 0 Å². The largest absolute Gasteiger partial charge is 0.450 e. The van der Waals surface area contributed by atoms with Crippen molar-refractivity contribution in [3.63, 3.8) is 0 Å². The van der Waals surface area contributed by atoms with Crippen LogP contribution in [0.3, 0.4) is 0 Å². The van der Waals surface area contributed by atoms with Gasteiger partial charge in [-0.25, -0.2) is 4.79 Å². The zero-order chi connectivity index (χ0) is 19.9. The van der Waals surface area contributed by atoms with Gasteiger partial charge in [0, 0.05) is 38.1 Å². The van der Waals surface area contributed by atoms with Crippen molar-refractivity contribution in [3.8, 4) is 0 Å². The number of amides is 2. The summed E-state index contributed by atoms with van der Waals surface area (Å²) >= 11 is 0. The van der Waals surface area contributed by atoms with Crippen molar-refractivity contribution in [1.82, 2.24) is 14.7 Å². The molecule has 4 aliphatic rings. The van der Waals surface area contributed by atoms with Crippen LogP contribution in [0.4, 0.5) is 4.79 Å². The molecule has 158 valence electrons. The quantitative estimate of drug-likeness (QED) is 0.723. The molecule has 2 amide bonds. The van der Waals surface area contributed by atoms with E-state index in [4.69, 9.17) is 4.74 Å². The fourth-order valence-corrected chi connectivity index (χ4v) is 6.06. The highest BCUT2D eigenvalue weighted by Crippen LogP contribution is 2.50. The third-order valence-corrected chi connectivity index (χ3v) is 7.82. The van der Waals surface area contributed by atoms with Crippen LogP contribution in [-0.2, 0) is 9.53 Å². The van der Waals surface area contributed by atoms with E-state index in [0.717, 1.165) is 32.6 Å².